The molecule has 5 aromatic rings. The lowest BCUT2D eigenvalue weighted by Gasteiger charge is -2.18. The van der Waals surface area contributed by atoms with Crippen molar-refractivity contribution in [3.05, 3.63) is 118 Å². The molecule has 0 aliphatic heterocycles. The number of nitrogens with zero attached hydrogens (tertiary/aromatic N) is 2. The van der Waals surface area contributed by atoms with Crippen LogP contribution in [-0.2, 0) is 16.0 Å². The number of carboxylic acids is 1. The highest BCUT2D eigenvalue weighted by molar-refractivity contribution is 9.10. The minimum Gasteiger partial charge on any atom is -0.480 e. The van der Waals surface area contributed by atoms with E-state index in [9.17, 15) is 14.7 Å². The number of ether oxygens (including phenoxy) is 1. The molecule has 0 spiro atoms. The summed E-state index contributed by atoms with van der Waals surface area (Å²) < 4.78 is 8.29. The molecule has 2 N–H and O–H groups in total. The number of alkyl carbamates (subject to hydrolysis) is 1. The van der Waals surface area contributed by atoms with Crippen LogP contribution >= 0.6 is 15.9 Å². The number of aliphatic carboxylic acids is 1. The summed E-state index contributed by atoms with van der Waals surface area (Å²) >= 11 is 3.49. The maximum absolute atomic E-state index is 12.9. The van der Waals surface area contributed by atoms with Crippen LogP contribution in [0.5, 0.6) is 0 Å². The Balaban J connectivity index is 1.23. The summed E-state index contributed by atoms with van der Waals surface area (Å²) in [4.78, 5) is 30.0. The van der Waals surface area contributed by atoms with Gasteiger partial charge in [-0.1, -0.05) is 78.9 Å². The molecule has 1 amide bonds. The van der Waals surface area contributed by atoms with E-state index in [1.165, 1.54) is 0 Å². The molecule has 6 rings (SSSR count). The smallest absolute Gasteiger partial charge is 0.407 e. The fraction of sp³-hybridized carbons (Fsp3) is 0.129. The van der Waals surface area contributed by atoms with E-state index >= 15 is 0 Å². The highest BCUT2D eigenvalue weighted by Crippen LogP contribution is 2.44. The largest absolute Gasteiger partial charge is 0.480 e. The number of hydrogen-bond acceptors (Lipinski definition) is 4. The third-order valence-corrected chi connectivity index (χ3v) is 7.53. The first-order valence-electron chi connectivity index (χ1n) is 12.6. The van der Waals surface area contributed by atoms with Crippen LogP contribution in [0.1, 0.15) is 22.7 Å². The highest BCUT2D eigenvalue weighted by atomic mass is 79.9. The second-order valence-electron chi connectivity index (χ2n) is 9.41. The number of nitrogens with one attached hydrogen (secondary N) is 1. The molecule has 7 nitrogen and oxygen atoms in total. The van der Waals surface area contributed by atoms with Crippen molar-refractivity contribution in [1.82, 2.24) is 14.7 Å². The fourth-order valence-electron chi connectivity index (χ4n) is 5.27. The molecule has 2 aromatic heterocycles. The number of halogens is 1. The normalized spacial score (nSPS) is 13.1. The summed E-state index contributed by atoms with van der Waals surface area (Å²) in [6.45, 7) is 0.101. The lowest BCUT2D eigenvalue weighted by Crippen LogP contribution is -2.43. The van der Waals surface area contributed by atoms with Crippen LogP contribution in [0.25, 0.3) is 28.0 Å². The molecule has 0 saturated heterocycles. The van der Waals surface area contributed by atoms with Crippen LogP contribution in [-0.4, -0.2) is 39.2 Å². The zero-order chi connectivity index (χ0) is 26.9. The molecule has 0 radical (unpaired) electrons. The van der Waals surface area contributed by atoms with Gasteiger partial charge in [-0.2, -0.15) is 0 Å². The zero-order valence-corrected chi connectivity index (χ0v) is 22.3. The van der Waals surface area contributed by atoms with Gasteiger partial charge in [0.25, 0.3) is 0 Å². The number of rotatable bonds is 7. The zero-order valence-electron chi connectivity index (χ0n) is 20.8. The molecule has 194 valence electrons. The van der Waals surface area contributed by atoms with E-state index in [0.29, 0.717) is 17.0 Å². The summed E-state index contributed by atoms with van der Waals surface area (Å²) in [6.07, 6.45) is 1.08. The summed E-state index contributed by atoms with van der Waals surface area (Å²) in [5.41, 5.74) is 7.29. The third-order valence-electron chi connectivity index (χ3n) is 7.06. The van der Waals surface area contributed by atoms with Crippen molar-refractivity contribution in [3.63, 3.8) is 0 Å². The number of imidazole rings is 1. The van der Waals surface area contributed by atoms with E-state index in [1.54, 1.807) is 0 Å². The summed E-state index contributed by atoms with van der Waals surface area (Å²) in [7, 11) is 0. The quantitative estimate of drug-likeness (QED) is 0.235. The number of benzene rings is 3. The first kappa shape index (κ1) is 24.9. The van der Waals surface area contributed by atoms with Crippen molar-refractivity contribution in [2.75, 3.05) is 6.61 Å². The molecule has 0 bridgehead atoms. The lowest BCUT2D eigenvalue weighted by molar-refractivity contribution is -0.139. The molecular formula is C31H24BrN3O4. The standard InChI is InChI=1S/C31H24BrN3O4/c32-20-14-15-28-34-29(19-8-2-1-3-9-19)27(35(28)17-20)16-26(30(36)37)33-31(38)39-18-25-23-12-6-4-10-21(23)22-11-5-7-13-24(22)25/h1-15,17,25-26H,16,18H2,(H,33,38)(H,36,37). The van der Waals surface area contributed by atoms with Gasteiger partial charge < -0.3 is 19.6 Å². The van der Waals surface area contributed by atoms with Crippen molar-refractivity contribution in [2.24, 2.45) is 0 Å². The molecule has 1 aliphatic carbocycles. The number of fused-ring (bicyclic) bond motifs is 4. The van der Waals surface area contributed by atoms with Crippen molar-refractivity contribution < 1.29 is 19.4 Å². The molecular weight excluding hydrogens is 558 g/mol. The minimum absolute atomic E-state index is 0.0153. The Morgan fingerprint density at radius 3 is 2.23 bits per heavy atom. The predicted molar refractivity (Wildman–Crippen MR) is 152 cm³/mol. The third kappa shape index (κ3) is 4.79. The van der Waals surface area contributed by atoms with E-state index in [0.717, 1.165) is 32.3 Å². The average molecular weight is 582 g/mol. The van der Waals surface area contributed by atoms with E-state index < -0.39 is 18.1 Å². The maximum atomic E-state index is 12.9. The number of carboxylic acid groups (broad SMARTS) is 1. The van der Waals surface area contributed by atoms with Gasteiger partial charge in [0, 0.05) is 28.6 Å². The van der Waals surface area contributed by atoms with Gasteiger partial charge in [-0.3, -0.25) is 0 Å². The molecule has 3 aromatic carbocycles. The van der Waals surface area contributed by atoms with Crippen molar-refractivity contribution in [1.29, 1.82) is 0 Å². The highest BCUT2D eigenvalue weighted by Gasteiger charge is 2.30. The molecule has 1 atom stereocenters. The topological polar surface area (TPSA) is 92.9 Å². The number of carbonyl (C=O) groups excluding carboxylic acids is 1. The first-order chi connectivity index (χ1) is 19.0. The van der Waals surface area contributed by atoms with E-state index in [4.69, 9.17) is 9.72 Å². The van der Waals surface area contributed by atoms with E-state index in [2.05, 4.69) is 33.4 Å². The van der Waals surface area contributed by atoms with Gasteiger partial charge in [0.2, 0.25) is 0 Å². The minimum atomic E-state index is -1.22. The van der Waals surface area contributed by atoms with Crippen molar-refractivity contribution in [3.8, 4) is 22.4 Å². The Morgan fingerprint density at radius 1 is 0.923 bits per heavy atom. The molecule has 2 heterocycles. The van der Waals surface area contributed by atoms with Crippen molar-refractivity contribution >= 4 is 33.6 Å². The number of aromatic nitrogens is 2. The summed E-state index contributed by atoms with van der Waals surface area (Å²) in [5, 5.41) is 12.6. The van der Waals surface area contributed by atoms with Gasteiger partial charge in [0.1, 0.15) is 18.3 Å². The fourth-order valence-corrected chi connectivity index (χ4v) is 5.60. The molecule has 1 unspecified atom stereocenters. The Hall–Kier alpha value is -4.43. The van der Waals surface area contributed by atoms with Gasteiger partial charge >= 0.3 is 12.1 Å². The number of amides is 1. The Labute approximate surface area is 233 Å². The monoisotopic (exact) mass is 581 g/mol. The molecule has 1 aliphatic rings. The second-order valence-corrected chi connectivity index (χ2v) is 10.3. The second kappa shape index (κ2) is 10.4. The maximum Gasteiger partial charge on any atom is 0.407 e. The molecule has 8 heteroatoms. The van der Waals surface area contributed by atoms with Crippen LogP contribution in [0.2, 0.25) is 0 Å². The van der Waals surface area contributed by atoms with Crippen LogP contribution in [0, 0.1) is 0 Å². The first-order valence-corrected chi connectivity index (χ1v) is 13.3. The predicted octanol–water partition coefficient (Wildman–Crippen LogP) is 6.30. The molecule has 0 saturated carbocycles. The van der Waals surface area contributed by atoms with Crippen LogP contribution in [0.3, 0.4) is 0 Å². The van der Waals surface area contributed by atoms with Crippen LogP contribution in [0.4, 0.5) is 4.79 Å². The van der Waals surface area contributed by atoms with Gasteiger partial charge in [0.15, 0.2) is 0 Å². The average Bonchev–Trinajstić information content (AvgIpc) is 3.47. The molecule has 0 fully saturated rings. The van der Waals surface area contributed by atoms with Crippen LogP contribution < -0.4 is 5.32 Å². The lowest BCUT2D eigenvalue weighted by atomic mass is 9.98. The van der Waals surface area contributed by atoms with Crippen molar-refractivity contribution in [2.45, 2.75) is 18.4 Å². The van der Waals surface area contributed by atoms with Gasteiger partial charge in [-0.05, 0) is 50.3 Å². The van der Waals surface area contributed by atoms with Gasteiger partial charge in [-0.25, -0.2) is 14.6 Å². The number of carbonyl (C=O) groups is 2. The Morgan fingerprint density at radius 2 is 1.56 bits per heavy atom. The summed E-state index contributed by atoms with van der Waals surface area (Å²) in [5.74, 6) is -1.28. The van der Waals surface area contributed by atoms with E-state index in [-0.39, 0.29) is 18.9 Å². The van der Waals surface area contributed by atoms with E-state index in [1.807, 2.05) is 89.5 Å². The Kier molecular flexibility index (Phi) is 6.62. The number of pyridine rings is 1. The SMILES string of the molecule is O=C(NC(Cc1c(-c2ccccc2)nc2ccc(Br)cn12)C(=O)O)OCC1c2ccccc2-c2ccccc21. The van der Waals surface area contributed by atoms with Crippen LogP contribution in [0.15, 0.2) is 102 Å². The summed E-state index contributed by atoms with van der Waals surface area (Å²) in [6, 6.07) is 28.2. The van der Waals surface area contributed by atoms with Gasteiger partial charge in [-0.15, -0.1) is 0 Å². The molecule has 39 heavy (non-hydrogen) atoms. The Bertz CT molecular complexity index is 1650. The number of hydrogen-bond donors (Lipinski definition) is 2. The van der Waals surface area contributed by atoms with Gasteiger partial charge in [0.05, 0.1) is 11.4 Å².